The fraction of sp³-hybridized carbons (Fsp3) is 0.476. The molecule has 2 aliphatic heterocycles. The van der Waals surface area contributed by atoms with E-state index in [1.807, 2.05) is 4.90 Å². The van der Waals surface area contributed by atoms with Crippen LogP contribution in [-0.2, 0) is 19.1 Å². The molecule has 11 heteroatoms. The number of aliphatic hydroxyl groups excluding tert-OH is 1. The number of rotatable bonds is 6. The van der Waals surface area contributed by atoms with Gasteiger partial charge in [-0.1, -0.05) is 0 Å². The number of piperazine rings is 1. The topological polar surface area (TPSA) is 142 Å². The van der Waals surface area contributed by atoms with Crippen LogP contribution in [-0.4, -0.2) is 77.0 Å². The zero-order chi connectivity index (χ0) is 23.5. The van der Waals surface area contributed by atoms with E-state index in [4.69, 9.17) is 4.74 Å². The van der Waals surface area contributed by atoms with Crippen LogP contribution in [0.3, 0.4) is 0 Å². The number of hydrogen-bond acceptors (Lipinski definition) is 8. The molecule has 2 heterocycles. The van der Waals surface area contributed by atoms with Gasteiger partial charge in [0.05, 0.1) is 11.5 Å². The van der Waals surface area contributed by atoms with Gasteiger partial charge in [0, 0.05) is 56.5 Å². The van der Waals surface area contributed by atoms with E-state index in [9.17, 15) is 29.6 Å². The maximum atomic E-state index is 12.8. The quantitative estimate of drug-likeness (QED) is 0.471. The Labute approximate surface area is 184 Å². The highest BCUT2D eigenvalue weighted by Crippen LogP contribution is 2.25. The Balaban J connectivity index is 1.57. The Morgan fingerprint density at radius 2 is 1.84 bits per heavy atom. The second-order valence-electron chi connectivity index (χ2n) is 8.31. The van der Waals surface area contributed by atoms with E-state index < -0.39 is 35.0 Å². The minimum Gasteiger partial charge on any atom is -0.482 e. The lowest BCUT2D eigenvalue weighted by atomic mass is 9.98. The highest BCUT2D eigenvalue weighted by Gasteiger charge is 2.34. The third-order valence-corrected chi connectivity index (χ3v) is 5.31. The number of non-ortho nitro benzene ring substituents is 1. The van der Waals surface area contributed by atoms with Gasteiger partial charge in [0.2, 0.25) is 5.91 Å². The number of ether oxygens (including phenoxy) is 1. The summed E-state index contributed by atoms with van der Waals surface area (Å²) in [6.07, 6.45) is 1.24. The number of nitro benzene ring substituents is 1. The van der Waals surface area contributed by atoms with Gasteiger partial charge in [-0.05, 0) is 26.0 Å². The van der Waals surface area contributed by atoms with Crippen molar-refractivity contribution in [3.63, 3.8) is 0 Å². The molecule has 0 aliphatic carbocycles. The first-order valence-corrected chi connectivity index (χ1v) is 10.2. The lowest BCUT2D eigenvalue weighted by Gasteiger charge is -2.37. The number of nitro groups is 1. The SMILES string of the molecule is CC1(C)CC(=O)C=C(C(=O)NC(CO)C(=O)N2CCN(c3ccc([N+](=O)[O-])cc3)CC2)O1. The van der Waals surface area contributed by atoms with E-state index in [1.165, 1.54) is 17.0 Å². The molecule has 1 unspecified atom stereocenters. The number of amides is 2. The van der Waals surface area contributed by atoms with Crippen LogP contribution in [0.4, 0.5) is 11.4 Å². The van der Waals surface area contributed by atoms with Gasteiger partial charge in [-0.3, -0.25) is 24.5 Å². The van der Waals surface area contributed by atoms with E-state index in [0.29, 0.717) is 26.2 Å². The molecule has 1 aromatic rings. The minimum atomic E-state index is -1.17. The van der Waals surface area contributed by atoms with Crippen molar-refractivity contribution in [3.8, 4) is 0 Å². The van der Waals surface area contributed by atoms with Gasteiger partial charge in [0.15, 0.2) is 11.5 Å². The lowest BCUT2D eigenvalue weighted by Crippen LogP contribution is -2.56. The van der Waals surface area contributed by atoms with Crippen LogP contribution in [0.2, 0.25) is 0 Å². The van der Waals surface area contributed by atoms with Crippen LogP contribution >= 0.6 is 0 Å². The first kappa shape index (κ1) is 23.2. The Bertz CT molecular complexity index is 934. The van der Waals surface area contributed by atoms with Gasteiger partial charge in [-0.2, -0.15) is 0 Å². The van der Waals surface area contributed by atoms with Gasteiger partial charge in [-0.15, -0.1) is 0 Å². The van der Waals surface area contributed by atoms with Gasteiger partial charge in [0.25, 0.3) is 11.6 Å². The van der Waals surface area contributed by atoms with Crippen molar-refractivity contribution < 1.29 is 29.2 Å². The van der Waals surface area contributed by atoms with Crippen LogP contribution in [0, 0.1) is 10.1 Å². The van der Waals surface area contributed by atoms with Gasteiger partial charge < -0.3 is 25.0 Å². The predicted octanol–water partition coefficient (Wildman–Crippen LogP) is 0.372. The largest absolute Gasteiger partial charge is 0.482 e. The summed E-state index contributed by atoms with van der Waals surface area (Å²) in [5, 5.41) is 22.9. The predicted molar refractivity (Wildman–Crippen MR) is 114 cm³/mol. The number of nitrogens with one attached hydrogen (secondary N) is 1. The molecular formula is C21H26N4O7. The Morgan fingerprint density at radius 3 is 2.38 bits per heavy atom. The van der Waals surface area contributed by atoms with Gasteiger partial charge in [0.1, 0.15) is 11.6 Å². The highest BCUT2D eigenvalue weighted by atomic mass is 16.6. The zero-order valence-corrected chi connectivity index (χ0v) is 17.9. The number of allylic oxidation sites excluding steroid dienone is 1. The summed E-state index contributed by atoms with van der Waals surface area (Å²) >= 11 is 0. The number of benzene rings is 1. The second kappa shape index (κ2) is 9.35. The molecule has 11 nitrogen and oxygen atoms in total. The van der Waals surface area contributed by atoms with Crippen molar-refractivity contribution in [2.45, 2.75) is 31.9 Å². The first-order chi connectivity index (χ1) is 15.1. The maximum Gasteiger partial charge on any atom is 0.287 e. The summed E-state index contributed by atoms with van der Waals surface area (Å²) in [7, 11) is 0. The molecule has 1 atom stereocenters. The molecule has 0 aromatic heterocycles. The number of hydrogen-bond donors (Lipinski definition) is 2. The van der Waals surface area contributed by atoms with E-state index in [2.05, 4.69) is 5.32 Å². The smallest absolute Gasteiger partial charge is 0.287 e. The van der Waals surface area contributed by atoms with Crippen LogP contribution < -0.4 is 10.2 Å². The monoisotopic (exact) mass is 446 g/mol. The zero-order valence-electron chi connectivity index (χ0n) is 17.9. The summed E-state index contributed by atoms with van der Waals surface area (Å²) in [5.74, 6) is -1.60. The number of aliphatic hydroxyl groups is 1. The molecule has 0 radical (unpaired) electrons. The highest BCUT2D eigenvalue weighted by molar-refractivity contribution is 6.03. The molecule has 2 aliphatic rings. The molecule has 0 bridgehead atoms. The van der Waals surface area contributed by atoms with Crippen molar-refractivity contribution in [2.24, 2.45) is 0 Å². The van der Waals surface area contributed by atoms with Crippen molar-refractivity contribution in [1.29, 1.82) is 0 Å². The van der Waals surface area contributed by atoms with Gasteiger partial charge >= 0.3 is 0 Å². The molecule has 1 fully saturated rings. The van der Waals surface area contributed by atoms with Crippen molar-refractivity contribution in [3.05, 3.63) is 46.2 Å². The molecule has 1 aromatic carbocycles. The number of carbonyl (C=O) groups excluding carboxylic acids is 3. The third kappa shape index (κ3) is 5.41. The van der Waals surface area contributed by atoms with E-state index in [1.54, 1.807) is 26.0 Å². The maximum absolute atomic E-state index is 12.8. The first-order valence-electron chi connectivity index (χ1n) is 10.2. The molecule has 0 spiro atoms. The molecule has 2 N–H and O–H groups in total. The number of ketones is 1. The molecule has 1 saturated heterocycles. The number of nitrogens with zero attached hydrogens (tertiary/aromatic N) is 3. The van der Waals surface area contributed by atoms with E-state index in [0.717, 1.165) is 11.8 Å². The van der Waals surface area contributed by atoms with E-state index in [-0.39, 0.29) is 23.7 Å². The van der Waals surface area contributed by atoms with Crippen LogP contribution in [0.5, 0.6) is 0 Å². The van der Waals surface area contributed by atoms with Gasteiger partial charge in [-0.25, -0.2) is 0 Å². The summed E-state index contributed by atoms with van der Waals surface area (Å²) < 4.78 is 5.54. The minimum absolute atomic E-state index is 0.00578. The fourth-order valence-corrected chi connectivity index (χ4v) is 3.70. The van der Waals surface area contributed by atoms with Crippen LogP contribution in [0.15, 0.2) is 36.1 Å². The Morgan fingerprint density at radius 1 is 1.22 bits per heavy atom. The number of carbonyl (C=O) groups is 3. The summed E-state index contributed by atoms with van der Waals surface area (Å²) in [6.45, 7) is 4.46. The Hall–Kier alpha value is -3.47. The average Bonchev–Trinajstić information content (AvgIpc) is 2.75. The van der Waals surface area contributed by atoms with Crippen LogP contribution in [0.25, 0.3) is 0 Å². The molecule has 2 amide bonds. The fourth-order valence-electron chi connectivity index (χ4n) is 3.70. The van der Waals surface area contributed by atoms with E-state index >= 15 is 0 Å². The molecule has 3 rings (SSSR count). The second-order valence-corrected chi connectivity index (χ2v) is 8.31. The average molecular weight is 446 g/mol. The molecular weight excluding hydrogens is 420 g/mol. The summed E-state index contributed by atoms with van der Waals surface area (Å²) in [6, 6.07) is 5.01. The van der Waals surface area contributed by atoms with Crippen molar-refractivity contribution in [2.75, 3.05) is 37.7 Å². The standard InChI is InChI=1S/C21H26N4O7/c1-21(2)12-16(27)11-18(32-21)19(28)22-17(13-26)20(29)24-9-7-23(8-10-24)14-3-5-15(6-4-14)25(30)31/h3-6,11,17,26H,7-10,12-13H2,1-2H3,(H,22,28). The normalized spacial score (nSPS) is 19.0. The number of anilines is 1. The molecule has 172 valence electrons. The Kier molecular flexibility index (Phi) is 6.78. The van der Waals surface area contributed by atoms with Crippen molar-refractivity contribution >= 4 is 29.0 Å². The molecule has 0 saturated carbocycles. The van der Waals surface area contributed by atoms with Crippen LogP contribution in [0.1, 0.15) is 20.3 Å². The summed E-state index contributed by atoms with van der Waals surface area (Å²) in [5.41, 5.74) is -0.0135. The molecule has 32 heavy (non-hydrogen) atoms. The summed E-state index contributed by atoms with van der Waals surface area (Å²) in [4.78, 5) is 51.0. The van der Waals surface area contributed by atoms with Crippen molar-refractivity contribution in [1.82, 2.24) is 10.2 Å². The third-order valence-electron chi connectivity index (χ3n) is 5.31. The lowest BCUT2D eigenvalue weighted by molar-refractivity contribution is -0.384.